The van der Waals surface area contributed by atoms with Crippen molar-refractivity contribution in [1.82, 2.24) is 4.90 Å². The van der Waals surface area contributed by atoms with E-state index in [1.54, 1.807) is 12.1 Å². The quantitative estimate of drug-likeness (QED) is 0.607. The summed E-state index contributed by atoms with van der Waals surface area (Å²) in [5.41, 5.74) is 3.85. The minimum Gasteiger partial charge on any atom is -0.334 e. The summed E-state index contributed by atoms with van der Waals surface area (Å²) >= 11 is 12.1. The van der Waals surface area contributed by atoms with Crippen LogP contribution in [-0.4, -0.2) is 23.3 Å². The zero-order chi connectivity index (χ0) is 20.4. The smallest absolute Gasteiger partial charge is 0.257 e. The summed E-state index contributed by atoms with van der Waals surface area (Å²) < 4.78 is 0. The normalized spacial score (nSPS) is 13.0. The van der Waals surface area contributed by atoms with Crippen LogP contribution in [0.15, 0.2) is 66.7 Å². The van der Waals surface area contributed by atoms with Crippen molar-refractivity contribution in [3.05, 3.63) is 99.0 Å². The SMILES string of the molecule is O=C(Nc1ccc2c(c1)CN(C(=O)c1ccccc1)CC2)c1cc(Cl)ccc1Cl. The molecular weight excluding hydrogens is 407 g/mol. The van der Waals surface area contributed by atoms with Gasteiger partial charge in [0.1, 0.15) is 0 Å². The fraction of sp³-hybridized carbons (Fsp3) is 0.130. The summed E-state index contributed by atoms with van der Waals surface area (Å²) in [4.78, 5) is 27.2. The molecular formula is C23H18Cl2N2O2. The number of amides is 2. The van der Waals surface area contributed by atoms with Crippen LogP contribution in [0, 0.1) is 0 Å². The number of hydrogen-bond acceptors (Lipinski definition) is 2. The van der Waals surface area contributed by atoms with Gasteiger partial charge in [0.25, 0.3) is 11.8 Å². The maximum Gasteiger partial charge on any atom is 0.257 e. The first-order valence-electron chi connectivity index (χ1n) is 9.24. The molecule has 1 heterocycles. The third kappa shape index (κ3) is 4.29. The van der Waals surface area contributed by atoms with Crippen LogP contribution >= 0.6 is 23.2 Å². The van der Waals surface area contributed by atoms with E-state index in [1.165, 1.54) is 11.6 Å². The van der Waals surface area contributed by atoms with Crippen molar-refractivity contribution >= 4 is 40.7 Å². The molecule has 4 nitrogen and oxygen atoms in total. The summed E-state index contributed by atoms with van der Waals surface area (Å²) in [7, 11) is 0. The molecule has 0 aliphatic carbocycles. The Hall–Kier alpha value is -2.82. The lowest BCUT2D eigenvalue weighted by Gasteiger charge is -2.29. The van der Waals surface area contributed by atoms with Gasteiger partial charge in [0.05, 0.1) is 10.6 Å². The molecule has 3 aromatic rings. The van der Waals surface area contributed by atoms with Crippen molar-refractivity contribution in [2.75, 3.05) is 11.9 Å². The highest BCUT2D eigenvalue weighted by Gasteiger charge is 2.22. The number of hydrogen-bond donors (Lipinski definition) is 1. The van der Waals surface area contributed by atoms with Crippen LogP contribution in [0.1, 0.15) is 31.8 Å². The Labute approximate surface area is 179 Å². The van der Waals surface area contributed by atoms with E-state index in [-0.39, 0.29) is 11.8 Å². The molecule has 0 unspecified atom stereocenters. The Balaban J connectivity index is 1.52. The summed E-state index contributed by atoms with van der Waals surface area (Å²) in [5.74, 6) is -0.318. The molecule has 0 saturated carbocycles. The van der Waals surface area contributed by atoms with E-state index < -0.39 is 0 Å². The van der Waals surface area contributed by atoms with Crippen LogP contribution in [-0.2, 0) is 13.0 Å². The molecule has 0 spiro atoms. The fourth-order valence-corrected chi connectivity index (χ4v) is 3.82. The van der Waals surface area contributed by atoms with Gasteiger partial charge in [-0.2, -0.15) is 0 Å². The maximum absolute atomic E-state index is 12.8. The van der Waals surface area contributed by atoms with Gasteiger partial charge in [-0.15, -0.1) is 0 Å². The van der Waals surface area contributed by atoms with E-state index in [0.29, 0.717) is 39.9 Å². The first-order chi connectivity index (χ1) is 14.0. The van der Waals surface area contributed by atoms with E-state index in [1.807, 2.05) is 53.4 Å². The standard InChI is InChI=1S/C23H18Cl2N2O2/c24-18-7-9-21(25)20(13-18)22(28)26-19-8-6-15-10-11-27(14-17(15)12-19)23(29)16-4-2-1-3-5-16/h1-9,12-13H,10-11,14H2,(H,26,28). The number of nitrogens with one attached hydrogen (secondary N) is 1. The van der Waals surface area contributed by atoms with Gasteiger partial charge in [0, 0.05) is 29.4 Å². The predicted molar refractivity (Wildman–Crippen MR) is 116 cm³/mol. The van der Waals surface area contributed by atoms with E-state index in [0.717, 1.165) is 12.0 Å². The lowest BCUT2D eigenvalue weighted by molar-refractivity contribution is 0.0734. The van der Waals surface area contributed by atoms with Gasteiger partial charge < -0.3 is 10.2 Å². The minimum atomic E-state index is -0.328. The monoisotopic (exact) mass is 424 g/mol. The van der Waals surface area contributed by atoms with Gasteiger partial charge >= 0.3 is 0 Å². The van der Waals surface area contributed by atoms with Crippen LogP contribution in [0.25, 0.3) is 0 Å². The summed E-state index contributed by atoms with van der Waals surface area (Å²) in [6.07, 6.45) is 0.780. The van der Waals surface area contributed by atoms with Gasteiger partial charge in [-0.1, -0.05) is 47.5 Å². The molecule has 0 bridgehead atoms. The highest BCUT2D eigenvalue weighted by Crippen LogP contribution is 2.26. The molecule has 0 fully saturated rings. The molecule has 2 amide bonds. The molecule has 0 aromatic heterocycles. The van der Waals surface area contributed by atoms with Crippen molar-refractivity contribution in [3.63, 3.8) is 0 Å². The number of rotatable bonds is 3. The van der Waals surface area contributed by atoms with Gasteiger partial charge in [0.15, 0.2) is 0 Å². The third-order valence-electron chi connectivity index (χ3n) is 4.96. The van der Waals surface area contributed by atoms with Crippen LogP contribution in [0.4, 0.5) is 5.69 Å². The Bertz CT molecular complexity index is 1080. The molecule has 1 N–H and O–H groups in total. The maximum atomic E-state index is 12.8. The largest absolute Gasteiger partial charge is 0.334 e. The van der Waals surface area contributed by atoms with E-state index in [2.05, 4.69) is 5.32 Å². The predicted octanol–water partition coefficient (Wildman–Crippen LogP) is 5.44. The van der Waals surface area contributed by atoms with Crippen LogP contribution in [0.2, 0.25) is 10.0 Å². The average Bonchev–Trinajstić information content (AvgIpc) is 2.75. The van der Waals surface area contributed by atoms with Gasteiger partial charge in [-0.3, -0.25) is 9.59 Å². The highest BCUT2D eigenvalue weighted by atomic mass is 35.5. The highest BCUT2D eigenvalue weighted by molar-refractivity contribution is 6.36. The Morgan fingerprint density at radius 2 is 1.69 bits per heavy atom. The van der Waals surface area contributed by atoms with Crippen molar-refractivity contribution < 1.29 is 9.59 Å². The van der Waals surface area contributed by atoms with Crippen LogP contribution < -0.4 is 5.32 Å². The Morgan fingerprint density at radius 1 is 0.897 bits per heavy atom. The topological polar surface area (TPSA) is 49.4 Å². The Morgan fingerprint density at radius 3 is 2.48 bits per heavy atom. The second kappa shape index (κ2) is 8.27. The van der Waals surface area contributed by atoms with Crippen molar-refractivity contribution in [1.29, 1.82) is 0 Å². The van der Waals surface area contributed by atoms with Gasteiger partial charge in [0.2, 0.25) is 0 Å². The second-order valence-corrected chi connectivity index (χ2v) is 7.75. The fourth-order valence-electron chi connectivity index (χ4n) is 3.44. The van der Waals surface area contributed by atoms with Crippen molar-refractivity contribution in [2.24, 2.45) is 0 Å². The van der Waals surface area contributed by atoms with Crippen LogP contribution in [0.3, 0.4) is 0 Å². The number of carbonyl (C=O) groups is 2. The van der Waals surface area contributed by atoms with Crippen molar-refractivity contribution in [3.8, 4) is 0 Å². The molecule has 1 aliphatic heterocycles. The first-order valence-corrected chi connectivity index (χ1v) is 9.99. The third-order valence-corrected chi connectivity index (χ3v) is 5.52. The molecule has 6 heteroatoms. The second-order valence-electron chi connectivity index (χ2n) is 6.90. The first kappa shape index (κ1) is 19.5. The molecule has 4 rings (SSSR count). The number of fused-ring (bicyclic) bond motifs is 1. The Kier molecular flexibility index (Phi) is 5.56. The van der Waals surface area contributed by atoms with Gasteiger partial charge in [-0.05, 0) is 60.0 Å². The van der Waals surface area contributed by atoms with Crippen LogP contribution in [0.5, 0.6) is 0 Å². The summed E-state index contributed by atoms with van der Waals surface area (Å²) in [5, 5.41) is 3.65. The van der Waals surface area contributed by atoms with E-state index in [4.69, 9.17) is 23.2 Å². The van der Waals surface area contributed by atoms with Gasteiger partial charge in [-0.25, -0.2) is 0 Å². The molecule has 0 saturated heterocycles. The zero-order valence-electron chi connectivity index (χ0n) is 15.5. The molecule has 146 valence electrons. The number of benzene rings is 3. The average molecular weight is 425 g/mol. The molecule has 29 heavy (non-hydrogen) atoms. The number of anilines is 1. The lowest BCUT2D eigenvalue weighted by Crippen LogP contribution is -2.36. The molecule has 0 atom stereocenters. The number of nitrogens with zero attached hydrogens (tertiary/aromatic N) is 1. The summed E-state index contributed by atoms with van der Waals surface area (Å²) in [6, 6.07) is 19.8. The zero-order valence-corrected chi connectivity index (χ0v) is 17.0. The molecule has 3 aromatic carbocycles. The number of carbonyl (C=O) groups excluding carboxylic acids is 2. The molecule has 0 radical (unpaired) electrons. The van der Waals surface area contributed by atoms with E-state index in [9.17, 15) is 9.59 Å². The lowest BCUT2D eigenvalue weighted by atomic mass is 9.98. The van der Waals surface area contributed by atoms with Crippen molar-refractivity contribution in [2.45, 2.75) is 13.0 Å². The minimum absolute atomic E-state index is 0.0106. The molecule has 1 aliphatic rings. The summed E-state index contributed by atoms with van der Waals surface area (Å²) in [6.45, 7) is 1.18. The van der Waals surface area contributed by atoms with E-state index >= 15 is 0 Å². The number of halogens is 2.